The number of hydrogen-bond acceptors (Lipinski definition) is 5. The highest BCUT2D eigenvalue weighted by Gasteiger charge is 2.35. The quantitative estimate of drug-likeness (QED) is 0.569. The Morgan fingerprint density at radius 2 is 2.00 bits per heavy atom. The van der Waals surface area contributed by atoms with Gasteiger partial charge in [-0.3, -0.25) is 14.7 Å². The van der Waals surface area contributed by atoms with Crippen LogP contribution >= 0.6 is 0 Å². The van der Waals surface area contributed by atoms with Gasteiger partial charge in [-0.2, -0.15) is 0 Å². The third-order valence-electron chi connectivity index (χ3n) is 5.79. The first-order valence-corrected chi connectivity index (χ1v) is 10.6. The largest absolute Gasteiger partial charge is 0.478 e. The number of ether oxygens (including phenoxy) is 2. The van der Waals surface area contributed by atoms with E-state index < -0.39 is 0 Å². The number of aryl methyl sites for hydroxylation is 2. The van der Waals surface area contributed by atoms with Crippen molar-refractivity contribution in [1.82, 2.24) is 9.88 Å². The van der Waals surface area contributed by atoms with E-state index in [4.69, 9.17) is 9.47 Å². The summed E-state index contributed by atoms with van der Waals surface area (Å²) in [6, 6.07) is 16.0. The van der Waals surface area contributed by atoms with Gasteiger partial charge in [0.25, 0.3) is 0 Å². The number of Topliss-reactive ketones (excluding diaryl/α,β-unsaturated/α-hetero) is 1. The van der Waals surface area contributed by atoms with Crippen molar-refractivity contribution in [2.75, 3.05) is 6.73 Å². The summed E-state index contributed by atoms with van der Waals surface area (Å²) in [4.78, 5) is 19.7. The number of benzene rings is 2. The maximum atomic E-state index is 13.1. The van der Waals surface area contributed by atoms with E-state index in [0.717, 1.165) is 34.6 Å². The number of hydrogen-bond donors (Lipinski definition) is 0. The molecule has 3 aromatic rings. The van der Waals surface area contributed by atoms with Gasteiger partial charge in [0, 0.05) is 19.3 Å². The minimum Gasteiger partial charge on any atom is -0.478 e. The van der Waals surface area contributed by atoms with Gasteiger partial charge in [0.2, 0.25) is 5.78 Å². The van der Waals surface area contributed by atoms with E-state index in [1.165, 1.54) is 5.56 Å². The van der Waals surface area contributed by atoms with Crippen LogP contribution < -0.4 is 9.47 Å². The summed E-state index contributed by atoms with van der Waals surface area (Å²) in [5.74, 6) is 1.70. The van der Waals surface area contributed by atoms with E-state index in [1.807, 2.05) is 49.4 Å². The molecule has 31 heavy (non-hydrogen) atoms. The molecule has 156 valence electrons. The molecule has 2 aromatic carbocycles. The second kappa shape index (κ2) is 8.00. The molecule has 0 spiro atoms. The number of pyridine rings is 1. The van der Waals surface area contributed by atoms with Gasteiger partial charge in [0.1, 0.15) is 18.2 Å². The highest BCUT2D eigenvalue weighted by atomic mass is 16.5. The van der Waals surface area contributed by atoms with Gasteiger partial charge < -0.3 is 9.47 Å². The van der Waals surface area contributed by atoms with Crippen LogP contribution in [0.3, 0.4) is 0 Å². The summed E-state index contributed by atoms with van der Waals surface area (Å²) < 4.78 is 12.2. The van der Waals surface area contributed by atoms with Crippen LogP contribution in [0.25, 0.3) is 6.08 Å². The fourth-order valence-electron chi connectivity index (χ4n) is 4.10. The predicted molar refractivity (Wildman–Crippen MR) is 119 cm³/mol. The molecule has 5 rings (SSSR count). The van der Waals surface area contributed by atoms with Crippen molar-refractivity contribution in [2.45, 2.75) is 33.4 Å². The van der Waals surface area contributed by atoms with E-state index in [9.17, 15) is 4.79 Å². The average molecular weight is 412 g/mol. The predicted octanol–water partition coefficient (Wildman–Crippen LogP) is 4.92. The molecule has 0 N–H and O–H groups in total. The van der Waals surface area contributed by atoms with Crippen LogP contribution in [-0.2, 0) is 19.5 Å². The van der Waals surface area contributed by atoms with Crippen molar-refractivity contribution >= 4 is 11.9 Å². The molecule has 0 unspecified atom stereocenters. The molecule has 0 saturated heterocycles. The Balaban J connectivity index is 1.45. The van der Waals surface area contributed by atoms with Gasteiger partial charge in [-0.05, 0) is 54.3 Å². The number of carbonyl (C=O) groups is 1. The monoisotopic (exact) mass is 412 g/mol. The molecule has 2 aliphatic rings. The first kappa shape index (κ1) is 19.5. The van der Waals surface area contributed by atoms with Crippen LogP contribution in [0.5, 0.6) is 11.5 Å². The smallest absolute Gasteiger partial charge is 0.232 e. The molecule has 5 nitrogen and oxygen atoms in total. The summed E-state index contributed by atoms with van der Waals surface area (Å²) in [7, 11) is 0. The van der Waals surface area contributed by atoms with Crippen LogP contribution in [-0.4, -0.2) is 22.4 Å². The number of ketones is 1. The maximum Gasteiger partial charge on any atom is 0.232 e. The maximum absolute atomic E-state index is 13.1. The van der Waals surface area contributed by atoms with Crippen molar-refractivity contribution < 1.29 is 14.3 Å². The van der Waals surface area contributed by atoms with Gasteiger partial charge in [0.15, 0.2) is 5.76 Å². The van der Waals surface area contributed by atoms with Crippen molar-refractivity contribution in [1.29, 1.82) is 0 Å². The van der Waals surface area contributed by atoms with Crippen LogP contribution in [0.15, 0.2) is 60.5 Å². The van der Waals surface area contributed by atoms with Gasteiger partial charge in [-0.25, -0.2) is 0 Å². The van der Waals surface area contributed by atoms with Crippen molar-refractivity contribution in [2.24, 2.45) is 0 Å². The average Bonchev–Trinajstić information content (AvgIpc) is 3.12. The minimum atomic E-state index is -0.0725. The van der Waals surface area contributed by atoms with Crippen molar-refractivity contribution in [3.8, 4) is 11.5 Å². The van der Waals surface area contributed by atoms with Gasteiger partial charge in [0.05, 0.1) is 16.8 Å². The van der Waals surface area contributed by atoms with E-state index in [2.05, 4.69) is 28.9 Å². The third kappa shape index (κ3) is 3.73. The normalized spacial score (nSPS) is 16.6. The molecular weight excluding hydrogens is 388 g/mol. The lowest BCUT2D eigenvalue weighted by Crippen LogP contribution is -2.32. The van der Waals surface area contributed by atoms with Crippen molar-refractivity contribution in [3.63, 3.8) is 0 Å². The Bertz CT molecular complexity index is 1170. The second-order valence-corrected chi connectivity index (χ2v) is 7.99. The van der Waals surface area contributed by atoms with Crippen LogP contribution in [0.4, 0.5) is 0 Å². The number of aromatic nitrogens is 1. The van der Waals surface area contributed by atoms with Crippen LogP contribution in [0.2, 0.25) is 0 Å². The first-order valence-electron chi connectivity index (χ1n) is 10.6. The SMILES string of the molecule is CCc1ccc(/C=C2\Oc3c4c(cc(C)c3C2=O)OCN(Cc2ccccn2)C4)cc1. The zero-order chi connectivity index (χ0) is 21.4. The van der Waals surface area contributed by atoms with Crippen molar-refractivity contribution in [3.05, 3.63) is 94.0 Å². The Kier molecular flexibility index (Phi) is 5.04. The number of carbonyl (C=O) groups excluding carboxylic acids is 1. The van der Waals surface area contributed by atoms with E-state index in [0.29, 0.717) is 36.9 Å². The standard InChI is InChI=1S/C26H24N2O3/c1-3-18-7-9-19(10-8-18)13-23-25(29)24-17(2)12-22-21(26(24)31-23)15-28(16-30-22)14-20-6-4-5-11-27-20/h4-13H,3,14-16H2,1-2H3/b23-13-. The van der Waals surface area contributed by atoms with E-state index in [1.54, 1.807) is 6.20 Å². The lowest BCUT2D eigenvalue weighted by molar-refractivity contribution is 0.0861. The summed E-state index contributed by atoms with van der Waals surface area (Å²) in [5, 5.41) is 0. The lowest BCUT2D eigenvalue weighted by Gasteiger charge is -2.29. The number of allylic oxidation sites excluding steroid dienone is 1. The molecule has 5 heteroatoms. The third-order valence-corrected chi connectivity index (χ3v) is 5.79. The number of rotatable bonds is 4. The zero-order valence-electron chi connectivity index (χ0n) is 17.7. The Labute approximate surface area is 181 Å². The van der Waals surface area contributed by atoms with Crippen LogP contribution in [0, 0.1) is 6.92 Å². The van der Waals surface area contributed by atoms with E-state index >= 15 is 0 Å². The summed E-state index contributed by atoms with van der Waals surface area (Å²) in [6.45, 7) is 5.84. The summed E-state index contributed by atoms with van der Waals surface area (Å²) in [6.07, 6.45) is 4.60. The molecule has 2 aliphatic heterocycles. The topological polar surface area (TPSA) is 51.7 Å². The molecule has 0 aliphatic carbocycles. The first-order chi connectivity index (χ1) is 15.1. The van der Waals surface area contributed by atoms with Gasteiger partial charge >= 0.3 is 0 Å². The number of nitrogens with zero attached hydrogens (tertiary/aromatic N) is 2. The fraction of sp³-hybridized carbons (Fsp3) is 0.231. The highest BCUT2D eigenvalue weighted by molar-refractivity contribution is 6.15. The zero-order valence-corrected chi connectivity index (χ0v) is 17.7. The Morgan fingerprint density at radius 1 is 1.16 bits per heavy atom. The molecule has 0 saturated carbocycles. The minimum absolute atomic E-state index is 0.0725. The van der Waals surface area contributed by atoms with E-state index in [-0.39, 0.29) is 5.78 Å². The second-order valence-electron chi connectivity index (χ2n) is 7.99. The molecule has 0 amide bonds. The lowest BCUT2D eigenvalue weighted by atomic mass is 9.98. The summed E-state index contributed by atoms with van der Waals surface area (Å²) in [5.41, 5.74) is 5.62. The summed E-state index contributed by atoms with van der Waals surface area (Å²) >= 11 is 0. The van der Waals surface area contributed by atoms with Crippen LogP contribution in [0.1, 0.15) is 45.2 Å². The molecule has 0 fully saturated rings. The van der Waals surface area contributed by atoms with Gasteiger partial charge in [-0.1, -0.05) is 37.3 Å². The molecule has 0 radical (unpaired) electrons. The molecule has 0 bridgehead atoms. The molecule has 1 aromatic heterocycles. The molecular formula is C26H24N2O3. The molecule has 0 atom stereocenters. The van der Waals surface area contributed by atoms with Gasteiger partial charge in [-0.15, -0.1) is 0 Å². The Hall–Kier alpha value is -3.44. The Morgan fingerprint density at radius 3 is 2.74 bits per heavy atom. The highest BCUT2D eigenvalue weighted by Crippen LogP contribution is 2.44. The number of fused-ring (bicyclic) bond motifs is 3. The fourth-order valence-corrected chi connectivity index (χ4v) is 4.10. The molecule has 3 heterocycles.